The van der Waals surface area contributed by atoms with Crippen molar-refractivity contribution in [3.8, 4) is 5.75 Å². The molecule has 1 saturated heterocycles. The van der Waals surface area contributed by atoms with E-state index in [0.29, 0.717) is 25.8 Å². The first-order valence-corrected chi connectivity index (χ1v) is 12.7. The van der Waals surface area contributed by atoms with Gasteiger partial charge in [-0.25, -0.2) is 13.1 Å². The molecule has 1 aromatic rings. The summed E-state index contributed by atoms with van der Waals surface area (Å²) in [6, 6.07) is 3.29. The molecule has 1 aliphatic carbocycles. The summed E-state index contributed by atoms with van der Waals surface area (Å²) in [5.74, 6) is -3.39. The van der Waals surface area contributed by atoms with Gasteiger partial charge in [-0.2, -0.15) is 0 Å². The van der Waals surface area contributed by atoms with Crippen LogP contribution in [-0.2, 0) is 26.2 Å². The largest absolute Gasteiger partial charge is 0.573 e. The number of carbonyl (C=O) groups excluding carboxylic acids is 3. The number of piperidine rings is 1. The number of amides is 3. The SMILES string of the molecule is CC1(NS(C)(=O)=O)CC1C(=O)N1CCCC(C(=O)NCc2ccc(C(N)=O)cc2OC(F)(F)F)C1. The maximum absolute atomic E-state index is 12.9. The van der Waals surface area contributed by atoms with E-state index in [9.17, 15) is 36.0 Å². The molecule has 1 aliphatic heterocycles. The molecule has 14 heteroatoms. The molecular weight excluding hydrogens is 493 g/mol. The number of alkyl halides is 3. The lowest BCUT2D eigenvalue weighted by Crippen LogP contribution is -2.47. The van der Waals surface area contributed by atoms with Crippen LogP contribution in [0.3, 0.4) is 0 Å². The van der Waals surface area contributed by atoms with Gasteiger partial charge in [0.2, 0.25) is 27.7 Å². The molecule has 0 aromatic heterocycles. The number of benzene rings is 1. The Balaban J connectivity index is 1.62. The topological polar surface area (TPSA) is 148 Å². The van der Waals surface area contributed by atoms with Gasteiger partial charge in [-0.05, 0) is 38.3 Å². The molecule has 0 bridgehead atoms. The summed E-state index contributed by atoms with van der Waals surface area (Å²) in [6.07, 6.45) is -2.61. The standard InChI is InChI=1S/C21H27F3N4O6S/c1-20(27-35(2,32)33)9-15(20)19(31)28-7-3-4-14(11-28)18(30)26-10-13-6-5-12(17(25)29)8-16(13)34-21(22,23)24/h5-6,8,14-15,27H,3-4,7,9-11H2,1-2H3,(H2,25,29)(H,26,30). The summed E-state index contributed by atoms with van der Waals surface area (Å²) in [6.45, 7) is 1.89. The lowest BCUT2D eigenvalue weighted by Gasteiger charge is -2.32. The zero-order valence-corrected chi connectivity index (χ0v) is 20.0. The number of halogens is 3. The predicted molar refractivity (Wildman–Crippen MR) is 117 cm³/mol. The van der Waals surface area contributed by atoms with Crippen LogP contribution >= 0.6 is 0 Å². The van der Waals surface area contributed by atoms with E-state index in [4.69, 9.17) is 5.73 Å². The Morgan fingerprint density at radius 3 is 2.57 bits per heavy atom. The fraction of sp³-hybridized carbons (Fsp3) is 0.571. The summed E-state index contributed by atoms with van der Waals surface area (Å²) in [5.41, 5.74) is 4.07. The smallest absolute Gasteiger partial charge is 0.405 e. The first kappa shape index (κ1) is 26.7. The number of ether oxygens (including phenoxy) is 1. The number of nitrogens with two attached hydrogens (primary N) is 1. The Morgan fingerprint density at radius 2 is 1.97 bits per heavy atom. The van der Waals surface area contributed by atoms with Crippen LogP contribution in [0.4, 0.5) is 13.2 Å². The first-order valence-electron chi connectivity index (χ1n) is 10.8. The monoisotopic (exact) mass is 520 g/mol. The number of sulfonamides is 1. The average molecular weight is 521 g/mol. The van der Waals surface area contributed by atoms with Crippen molar-refractivity contribution < 1.29 is 40.7 Å². The Labute approximate surface area is 200 Å². The second-order valence-electron chi connectivity index (χ2n) is 9.12. The minimum Gasteiger partial charge on any atom is -0.405 e. The number of primary amides is 1. The molecule has 2 aliphatic rings. The Morgan fingerprint density at radius 1 is 1.29 bits per heavy atom. The number of likely N-dealkylation sites (tertiary alicyclic amines) is 1. The number of hydrogen-bond acceptors (Lipinski definition) is 6. The van der Waals surface area contributed by atoms with Crippen LogP contribution in [0.15, 0.2) is 18.2 Å². The van der Waals surface area contributed by atoms with Crippen LogP contribution in [0.2, 0.25) is 0 Å². The van der Waals surface area contributed by atoms with Crippen molar-refractivity contribution in [2.45, 2.75) is 44.6 Å². The summed E-state index contributed by atoms with van der Waals surface area (Å²) in [4.78, 5) is 38.4. The van der Waals surface area contributed by atoms with E-state index in [1.54, 1.807) is 6.92 Å². The van der Waals surface area contributed by atoms with Crippen molar-refractivity contribution >= 4 is 27.7 Å². The molecule has 1 saturated carbocycles. The molecule has 4 N–H and O–H groups in total. The van der Waals surface area contributed by atoms with Gasteiger partial charge in [0, 0.05) is 36.3 Å². The van der Waals surface area contributed by atoms with Gasteiger partial charge in [0.15, 0.2) is 0 Å². The summed E-state index contributed by atoms with van der Waals surface area (Å²) in [7, 11) is -3.49. The predicted octanol–water partition coefficient (Wildman–Crippen LogP) is 0.867. The van der Waals surface area contributed by atoms with Crippen molar-refractivity contribution in [1.29, 1.82) is 0 Å². The highest BCUT2D eigenvalue weighted by atomic mass is 32.2. The van der Waals surface area contributed by atoms with Gasteiger partial charge in [0.05, 0.1) is 18.1 Å². The molecule has 35 heavy (non-hydrogen) atoms. The quantitative estimate of drug-likeness (QED) is 0.463. The average Bonchev–Trinajstić information content (AvgIpc) is 3.39. The van der Waals surface area contributed by atoms with Gasteiger partial charge < -0.3 is 20.7 Å². The van der Waals surface area contributed by atoms with Gasteiger partial charge in [0.1, 0.15) is 5.75 Å². The molecule has 0 spiro atoms. The molecule has 3 unspecified atom stereocenters. The third-order valence-electron chi connectivity index (χ3n) is 6.09. The molecule has 3 atom stereocenters. The summed E-state index contributed by atoms with van der Waals surface area (Å²) in [5, 5.41) is 2.56. The second-order valence-corrected chi connectivity index (χ2v) is 10.9. The third-order valence-corrected chi connectivity index (χ3v) is 6.93. The van der Waals surface area contributed by atoms with Crippen LogP contribution in [0.25, 0.3) is 0 Å². The molecule has 0 radical (unpaired) electrons. The Bertz CT molecular complexity index is 1130. The van der Waals surface area contributed by atoms with E-state index in [1.165, 1.54) is 17.0 Å². The normalized spacial score (nSPS) is 24.5. The first-order chi connectivity index (χ1) is 16.1. The highest BCUT2D eigenvalue weighted by Crippen LogP contribution is 2.45. The van der Waals surface area contributed by atoms with Gasteiger partial charge in [-0.3, -0.25) is 14.4 Å². The minimum absolute atomic E-state index is 0.00925. The lowest BCUT2D eigenvalue weighted by molar-refractivity contribution is -0.274. The molecule has 3 rings (SSSR count). The van der Waals surface area contributed by atoms with E-state index in [2.05, 4.69) is 14.8 Å². The zero-order chi connectivity index (χ0) is 26.2. The van der Waals surface area contributed by atoms with Gasteiger partial charge in [0.25, 0.3) is 0 Å². The number of hydrogen-bond donors (Lipinski definition) is 3. The van der Waals surface area contributed by atoms with E-state index in [-0.39, 0.29) is 30.1 Å². The van der Waals surface area contributed by atoms with E-state index in [1.807, 2.05) is 0 Å². The van der Waals surface area contributed by atoms with Crippen LogP contribution in [0.5, 0.6) is 5.75 Å². The van der Waals surface area contributed by atoms with Crippen molar-refractivity contribution in [2.75, 3.05) is 19.3 Å². The lowest BCUT2D eigenvalue weighted by atomic mass is 9.96. The number of rotatable bonds is 8. The highest BCUT2D eigenvalue weighted by molar-refractivity contribution is 7.88. The maximum atomic E-state index is 12.9. The number of carbonyl (C=O) groups is 3. The third kappa shape index (κ3) is 7.07. The highest BCUT2D eigenvalue weighted by Gasteiger charge is 2.57. The number of nitrogens with one attached hydrogen (secondary N) is 2. The van der Waals surface area contributed by atoms with Crippen LogP contribution in [0.1, 0.15) is 42.1 Å². The molecule has 1 heterocycles. The molecule has 10 nitrogen and oxygen atoms in total. The van der Waals surface area contributed by atoms with Crippen LogP contribution < -0.4 is 20.5 Å². The van der Waals surface area contributed by atoms with E-state index in [0.717, 1.165) is 12.3 Å². The van der Waals surface area contributed by atoms with Crippen molar-refractivity contribution in [2.24, 2.45) is 17.6 Å². The zero-order valence-electron chi connectivity index (χ0n) is 19.1. The van der Waals surface area contributed by atoms with Crippen LogP contribution in [0, 0.1) is 11.8 Å². The van der Waals surface area contributed by atoms with Crippen LogP contribution in [-0.4, -0.2) is 62.3 Å². The van der Waals surface area contributed by atoms with Gasteiger partial charge >= 0.3 is 6.36 Å². The second kappa shape index (κ2) is 9.64. The Hall–Kier alpha value is -2.87. The maximum Gasteiger partial charge on any atom is 0.573 e. The molecular formula is C21H27F3N4O6S. The van der Waals surface area contributed by atoms with Crippen molar-refractivity contribution in [1.82, 2.24) is 14.9 Å². The van der Waals surface area contributed by atoms with E-state index >= 15 is 0 Å². The fourth-order valence-electron chi connectivity index (χ4n) is 4.27. The molecule has 2 fully saturated rings. The molecule has 3 amide bonds. The Kier molecular flexibility index (Phi) is 7.37. The van der Waals surface area contributed by atoms with Crippen molar-refractivity contribution in [3.05, 3.63) is 29.3 Å². The molecule has 1 aromatic carbocycles. The fourth-order valence-corrected chi connectivity index (χ4v) is 5.35. The van der Waals surface area contributed by atoms with Crippen molar-refractivity contribution in [3.63, 3.8) is 0 Å². The summed E-state index contributed by atoms with van der Waals surface area (Å²) >= 11 is 0. The van der Waals surface area contributed by atoms with Gasteiger partial charge in [-0.1, -0.05) is 6.07 Å². The van der Waals surface area contributed by atoms with Gasteiger partial charge in [-0.15, -0.1) is 13.2 Å². The number of nitrogens with zero attached hydrogens (tertiary/aromatic N) is 1. The molecule has 194 valence electrons. The minimum atomic E-state index is -5.01. The summed E-state index contributed by atoms with van der Waals surface area (Å²) < 4.78 is 67.8. The van der Waals surface area contributed by atoms with E-state index < -0.39 is 51.3 Å².